The summed E-state index contributed by atoms with van der Waals surface area (Å²) in [5, 5.41) is 15.6. The van der Waals surface area contributed by atoms with Crippen LogP contribution in [0.2, 0.25) is 0 Å². The maximum Gasteiger partial charge on any atom is 0.264 e. The molecule has 0 heterocycles. The van der Waals surface area contributed by atoms with Crippen molar-refractivity contribution in [3.05, 3.63) is 22.3 Å². The van der Waals surface area contributed by atoms with Crippen molar-refractivity contribution in [1.29, 1.82) is 0 Å². The number of amidine groups is 1. The minimum Gasteiger partial charge on any atom is -0.365 e. The highest BCUT2D eigenvalue weighted by molar-refractivity contribution is 7.85. The van der Waals surface area contributed by atoms with Gasteiger partial charge in [-0.15, -0.1) is 0 Å². The third-order valence-corrected chi connectivity index (χ3v) is 3.03. The van der Waals surface area contributed by atoms with Crippen LogP contribution < -0.4 is 5.32 Å². The number of hydrogen-bond acceptors (Lipinski definition) is 5. The molecule has 0 saturated heterocycles. The van der Waals surface area contributed by atoms with Crippen LogP contribution in [0.15, 0.2) is 17.3 Å². The Morgan fingerprint density at radius 3 is 2.65 bits per heavy atom. The Kier molecular flexibility index (Phi) is 8.73. The average Bonchev–Trinajstić information content (AvgIpc) is 2.31. The van der Waals surface area contributed by atoms with Gasteiger partial charge in [-0.1, -0.05) is 19.4 Å². The van der Waals surface area contributed by atoms with Crippen LogP contribution in [-0.4, -0.2) is 38.7 Å². The summed E-state index contributed by atoms with van der Waals surface area (Å²) in [5.41, 5.74) is 0. The molecule has 0 aliphatic rings. The molecule has 0 spiro atoms. The van der Waals surface area contributed by atoms with Crippen molar-refractivity contribution in [3.63, 3.8) is 0 Å². The number of nitrogens with one attached hydrogen (secondary N) is 1. The van der Waals surface area contributed by atoms with E-state index in [0.717, 1.165) is 12.7 Å². The zero-order chi connectivity index (χ0) is 15.6. The first-order valence-corrected chi connectivity index (χ1v) is 8.04. The molecule has 0 aliphatic carbocycles. The molecule has 116 valence electrons. The van der Waals surface area contributed by atoms with Crippen LogP contribution in [0.5, 0.6) is 0 Å². The molecule has 0 aromatic rings. The second-order valence-corrected chi connectivity index (χ2v) is 5.85. The topological polar surface area (TPSA) is 111 Å². The highest BCUT2D eigenvalue weighted by Crippen LogP contribution is 2.09. The van der Waals surface area contributed by atoms with Gasteiger partial charge < -0.3 is 5.32 Å². The summed E-state index contributed by atoms with van der Waals surface area (Å²) in [6, 6.07) is 0. The third kappa shape index (κ3) is 10.4. The van der Waals surface area contributed by atoms with Gasteiger partial charge >= 0.3 is 0 Å². The second-order valence-electron chi connectivity index (χ2n) is 4.20. The number of hydrogen-bond donors (Lipinski definition) is 1. The molecule has 0 rings (SSSR count). The molecule has 0 bridgehead atoms. The standard InChI is InChI=1S/C11H21N3O5S/c1-4-6-11(13-14(15)16)12-8-7-10(5-2)9-19-20(3,17)18/h4,6,10H,5,7-9H2,1-3H3,(H,12,13)/b6-4-. The van der Waals surface area contributed by atoms with Gasteiger partial charge in [0.1, 0.15) is 0 Å². The molecule has 0 saturated carbocycles. The summed E-state index contributed by atoms with van der Waals surface area (Å²) in [6.45, 7) is 4.21. The normalized spacial score (nSPS) is 14.4. The highest BCUT2D eigenvalue weighted by atomic mass is 32.2. The summed E-state index contributed by atoms with van der Waals surface area (Å²) in [5.74, 6) is 0.219. The lowest BCUT2D eigenvalue weighted by atomic mass is 10.0. The zero-order valence-corrected chi connectivity index (χ0v) is 12.7. The lowest BCUT2D eigenvalue weighted by molar-refractivity contribution is -0.485. The van der Waals surface area contributed by atoms with Gasteiger partial charge in [0.05, 0.1) is 18.0 Å². The minimum atomic E-state index is -3.44. The molecule has 0 radical (unpaired) electrons. The van der Waals surface area contributed by atoms with E-state index in [1.54, 1.807) is 13.0 Å². The summed E-state index contributed by atoms with van der Waals surface area (Å²) in [6.07, 6.45) is 5.52. The van der Waals surface area contributed by atoms with Gasteiger partial charge in [0.25, 0.3) is 10.1 Å². The van der Waals surface area contributed by atoms with Crippen LogP contribution in [0.3, 0.4) is 0 Å². The van der Waals surface area contributed by atoms with Crippen molar-refractivity contribution in [3.8, 4) is 0 Å². The van der Waals surface area contributed by atoms with E-state index in [9.17, 15) is 18.5 Å². The first kappa shape index (κ1) is 18.5. The number of nitro groups is 1. The van der Waals surface area contributed by atoms with E-state index in [1.165, 1.54) is 6.08 Å². The van der Waals surface area contributed by atoms with Gasteiger partial charge in [-0.2, -0.15) is 8.42 Å². The summed E-state index contributed by atoms with van der Waals surface area (Å²) in [7, 11) is -3.44. The van der Waals surface area contributed by atoms with Gasteiger partial charge in [-0.25, -0.2) is 10.1 Å². The predicted molar refractivity (Wildman–Crippen MR) is 76.4 cm³/mol. The summed E-state index contributed by atoms with van der Waals surface area (Å²) in [4.78, 5) is 10.3. The van der Waals surface area contributed by atoms with Crippen LogP contribution in [-0.2, 0) is 14.3 Å². The molecule has 9 heteroatoms. The highest BCUT2D eigenvalue weighted by Gasteiger charge is 2.11. The van der Waals surface area contributed by atoms with Crippen LogP contribution in [0.25, 0.3) is 0 Å². The van der Waals surface area contributed by atoms with Crippen LogP contribution in [0.4, 0.5) is 0 Å². The summed E-state index contributed by atoms with van der Waals surface area (Å²) < 4.78 is 26.5. The monoisotopic (exact) mass is 307 g/mol. The molecule has 0 aromatic carbocycles. The molecular formula is C11H21N3O5S. The smallest absolute Gasteiger partial charge is 0.264 e. The van der Waals surface area contributed by atoms with Crippen LogP contribution in [0.1, 0.15) is 26.7 Å². The Labute approximate surface area is 119 Å². The van der Waals surface area contributed by atoms with E-state index >= 15 is 0 Å². The average molecular weight is 307 g/mol. The van der Waals surface area contributed by atoms with Gasteiger partial charge in [-0.05, 0) is 25.3 Å². The Morgan fingerprint density at radius 1 is 1.55 bits per heavy atom. The number of nitrogens with zero attached hydrogens (tertiary/aromatic N) is 2. The van der Waals surface area contributed by atoms with Crippen molar-refractivity contribution in [1.82, 2.24) is 5.32 Å². The first-order chi connectivity index (χ1) is 9.28. The van der Waals surface area contributed by atoms with Crippen molar-refractivity contribution >= 4 is 16.0 Å². The van der Waals surface area contributed by atoms with Crippen molar-refractivity contribution < 1.29 is 17.6 Å². The van der Waals surface area contributed by atoms with Crippen molar-refractivity contribution in [2.45, 2.75) is 26.7 Å². The maximum atomic E-state index is 10.9. The predicted octanol–water partition coefficient (Wildman–Crippen LogP) is 1.13. The molecule has 1 N–H and O–H groups in total. The van der Waals surface area contributed by atoms with E-state index in [1.807, 2.05) is 6.92 Å². The van der Waals surface area contributed by atoms with E-state index in [-0.39, 0.29) is 18.4 Å². The lowest BCUT2D eigenvalue weighted by Gasteiger charge is -2.14. The third-order valence-electron chi connectivity index (χ3n) is 2.47. The van der Waals surface area contributed by atoms with E-state index in [4.69, 9.17) is 4.18 Å². The number of hydrazone groups is 1. The Morgan fingerprint density at radius 2 is 2.20 bits per heavy atom. The van der Waals surface area contributed by atoms with E-state index < -0.39 is 15.2 Å². The van der Waals surface area contributed by atoms with E-state index in [0.29, 0.717) is 13.0 Å². The fourth-order valence-electron chi connectivity index (χ4n) is 1.40. The fourth-order valence-corrected chi connectivity index (χ4v) is 1.84. The van der Waals surface area contributed by atoms with E-state index in [2.05, 4.69) is 10.4 Å². The molecule has 0 fully saturated rings. The van der Waals surface area contributed by atoms with Gasteiger partial charge in [0.2, 0.25) is 0 Å². The lowest BCUT2D eigenvalue weighted by Crippen LogP contribution is -2.26. The minimum absolute atomic E-state index is 0.0553. The Bertz CT molecular complexity index is 459. The molecule has 1 atom stereocenters. The van der Waals surface area contributed by atoms with Crippen LogP contribution in [0, 0.1) is 16.0 Å². The number of allylic oxidation sites excluding steroid dienone is 1. The van der Waals surface area contributed by atoms with Gasteiger partial charge in [0.15, 0.2) is 10.9 Å². The number of rotatable bonds is 9. The molecule has 8 nitrogen and oxygen atoms in total. The molecule has 0 amide bonds. The van der Waals surface area contributed by atoms with Gasteiger partial charge in [-0.3, -0.25) is 4.18 Å². The quantitative estimate of drug-likeness (QED) is 0.225. The SMILES string of the molecule is C/C=C\C(=N/[N+](=O)[O-])NCCC(CC)COS(C)(=O)=O. The van der Waals surface area contributed by atoms with Crippen molar-refractivity contribution in [2.24, 2.45) is 11.0 Å². The van der Waals surface area contributed by atoms with Crippen LogP contribution >= 0.6 is 0 Å². The molecular weight excluding hydrogens is 286 g/mol. The molecule has 1 unspecified atom stereocenters. The fraction of sp³-hybridized carbons (Fsp3) is 0.727. The zero-order valence-electron chi connectivity index (χ0n) is 11.9. The maximum absolute atomic E-state index is 10.9. The van der Waals surface area contributed by atoms with Crippen molar-refractivity contribution in [2.75, 3.05) is 19.4 Å². The molecule has 0 aromatic heterocycles. The largest absolute Gasteiger partial charge is 0.365 e. The Balaban J connectivity index is 4.26. The first-order valence-electron chi connectivity index (χ1n) is 6.22. The molecule has 0 aliphatic heterocycles. The second kappa shape index (κ2) is 9.43. The molecule has 20 heavy (non-hydrogen) atoms. The Hall–Kier alpha value is -1.48. The summed E-state index contributed by atoms with van der Waals surface area (Å²) >= 11 is 0. The van der Waals surface area contributed by atoms with Gasteiger partial charge in [0, 0.05) is 6.54 Å².